The van der Waals surface area contributed by atoms with Gasteiger partial charge in [0.15, 0.2) is 0 Å². The topological polar surface area (TPSA) is 20.3 Å². The number of hydrogen-bond acceptors (Lipinski definition) is 1. The predicted molar refractivity (Wildman–Crippen MR) is 74.2 cm³/mol. The van der Waals surface area contributed by atoms with Crippen molar-refractivity contribution in [2.75, 3.05) is 12.4 Å². The van der Waals surface area contributed by atoms with Crippen molar-refractivity contribution >= 4 is 37.8 Å². The highest BCUT2D eigenvalue weighted by Crippen LogP contribution is 2.22. The van der Waals surface area contributed by atoms with Crippen LogP contribution in [0.5, 0.6) is 0 Å². The second-order valence-corrected chi connectivity index (χ2v) is 5.30. The lowest BCUT2D eigenvalue weighted by atomic mass is 10.1. The standard InChI is InChI=1S/C12H15Br2NO/c1-8-5-4-6-10(11(8)14)12(16)15(3)9(2)7-13/h4-6,9H,7H2,1-3H3. The van der Waals surface area contributed by atoms with E-state index in [-0.39, 0.29) is 11.9 Å². The normalized spacial score (nSPS) is 12.3. The number of carbonyl (C=O) groups excluding carboxylic acids is 1. The summed E-state index contributed by atoms with van der Waals surface area (Å²) in [5, 5.41) is 0.776. The van der Waals surface area contributed by atoms with E-state index in [1.807, 2.05) is 39.1 Å². The van der Waals surface area contributed by atoms with Crippen molar-refractivity contribution < 1.29 is 4.79 Å². The van der Waals surface area contributed by atoms with Gasteiger partial charge in [0.25, 0.3) is 5.91 Å². The Bertz CT molecular complexity index is 393. The van der Waals surface area contributed by atoms with Crippen molar-refractivity contribution in [2.24, 2.45) is 0 Å². The van der Waals surface area contributed by atoms with Gasteiger partial charge in [-0.25, -0.2) is 0 Å². The summed E-state index contributed by atoms with van der Waals surface area (Å²) in [7, 11) is 1.82. The molecule has 88 valence electrons. The molecule has 0 aliphatic heterocycles. The first-order chi connectivity index (χ1) is 7.49. The molecule has 0 saturated heterocycles. The average Bonchev–Trinajstić information content (AvgIpc) is 2.29. The van der Waals surface area contributed by atoms with Crippen LogP contribution >= 0.6 is 31.9 Å². The monoisotopic (exact) mass is 347 g/mol. The summed E-state index contributed by atoms with van der Waals surface area (Å²) in [4.78, 5) is 13.9. The molecule has 0 aliphatic carbocycles. The molecule has 0 aromatic heterocycles. The fourth-order valence-electron chi connectivity index (χ4n) is 1.31. The van der Waals surface area contributed by atoms with E-state index in [4.69, 9.17) is 0 Å². The van der Waals surface area contributed by atoms with Gasteiger partial charge in [0.2, 0.25) is 0 Å². The van der Waals surface area contributed by atoms with Crippen LogP contribution in [-0.4, -0.2) is 29.2 Å². The van der Waals surface area contributed by atoms with Crippen molar-refractivity contribution in [3.63, 3.8) is 0 Å². The summed E-state index contributed by atoms with van der Waals surface area (Å²) in [6.45, 7) is 3.99. The molecule has 0 N–H and O–H groups in total. The van der Waals surface area contributed by atoms with E-state index in [0.717, 1.165) is 20.9 Å². The number of alkyl halides is 1. The zero-order valence-electron chi connectivity index (χ0n) is 9.63. The Morgan fingerprint density at radius 1 is 1.50 bits per heavy atom. The second kappa shape index (κ2) is 5.82. The fraction of sp³-hybridized carbons (Fsp3) is 0.417. The highest BCUT2D eigenvalue weighted by atomic mass is 79.9. The number of aryl methyl sites for hydroxylation is 1. The Kier molecular flexibility index (Phi) is 4.99. The van der Waals surface area contributed by atoms with Gasteiger partial charge in [-0.2, -0.15) is 0 Å². The average molecular weight is 349 g/mol. The predicted octanol–water partition coefficient (Wildman–Crippen LogP) is 3.61. The minimum Gasteiger partial charge on any atom is -0.338 e. The van der Waals surface area contributed by atoms with Crippen LogP contribution < -0.4 is 0 Å². The molecule has 0 saturated carbocycles. The Hall–Kier alpha value is -0.350. The van der Waals surface area contributed by atoms with Crippen LogP contribution in [0.2, 0.25) is 0 Å². The maximum absolute atomic E-state index is 12.2. The van der Waals surface area contributed by atoms with Crippen molar-refractivity contribution in [2.45, 2.75) is 19.9 Å². The van der Waals surface area contributed by atoms with Gasteiger partial charge in [-0.3, -0.25) is 4.79 Å². The molecular weight excluding hydrogens is 334 g/mol. The van der Waals surface area contributed by atoms with Crippen molar-refractivity contribution in [1.82, 2.24) is 4.90 Å². The van der Waals surface area contributed by atoms with Crippen LogP contribution in [0.3, 0.4) is 0 Å². The maximum Gasteiger partial charge on any atom is 0.255 e. The fourth-order valence-corrected chi connectivity index (χ4v) is 2.17. The lowest BCUT2D eigenvalue weighted by molar-refractivity contribution is 0.0757. The molecule has 0 fully saturated rings. The van der Waals surface area contributed by atoms with Gasteiger partial charge in [0.05, 0.1) is 5.56 Å². The van der Waals surface area contributed by atoms with Crippen molar-refractivity contribution in [3.8, 4) is 0 Å². The second-order valence-electron chi connectivity index (χ2n) is 3.86. The molecule has 1 unspecified atom stereocenters. The van der Waals surface area contributed by atoms with E-state index in [1.54, 1.807) is 4.90 Å². The van der Waals surface area contributed by atoms with Gasteiger partial charge in [0, 0.05) is 22.9 Å². The summed E-state index contributed by atoms with van der Waals surface area (Å²) in [5.41, 5.74) is 1.79. The quantitative estimate of drug-likeness (QED) is 0.764. The third-order valence-electron chi connectivity index (χ3n) is 2.63. The largest absolute Gasteiger partial charge is 0.338 e. The van der Waals surface area contributed by atoms with Gasteiger partial charge < -0.3 is 4.90 Å². The zero-order chi connectivity index (χ0) is 12.3. The first-order valence-electron chi connectivity index (χ1n) is 5.07. The van der Waals surface area contributed by atoms with Crippen LogP contribution in [0.1, 0.15) is 22.8 Å². The lowest BCUT2D eigenvalue weighted by Crippen LogP contribution is -2.36. The minimum atomic E-state index is 0.0440. The summed E-state index contributed by atoms with van der Waals surface area (Å²) >= 11 is 6.84. The van der Waals surface area contributed by atoms with Gasteiger partial charge in [-0.15, -0.1) is 0 Å². The van der Waals surface area contributed by atoms with Gasteiger partial charge >= 0.3 is 0 Å². The SMILES string of the molecule is Cc1cccc(C(=O)N(C)C(C)CBr)c1Br. The van der Waals surface area contributed by atoms with Crippen molar-refractivity contribution in [3.05, 3.63) is 33.8 Å². The van der Waals surface area contributed by atoms with Crippen LogP contribution in [0, 0.1) is 6.92 Å². The van der Waals surface area contributed by atoms with Gasteiger partial charge in [0.1, 0.15) is 0 Å². The van der Waals surface area contributed by atoms with Crippen molar-refractivity contribution in [1.29, 1.82) is 0 Å². The van der Waals surface area contributed by atoms with Crippen LogP contribution in [0.25, 0.3) is 0 Å². The number of rotatable bonds is 3. The molecule has 16 heavy (non-hydrogen) atoms. The molecule has 1 rings (SSSR count). The third kappa shape index (κ3) is 2.86. The number of amides is 1. The minimum absolute atomic E-state index is 0.0440. The number of carbonyl (C=O) groups is 1. The highest BCUT2D eigenvalue weighted by molar-refractivity contribution is 9.10. The number of benzene rings is 1. The summed E-state index contributed by atoms with van der Waals surface area (Å²) in [5.74, 6) is 0.0440. The van der Waals surface area contributed by atoms with Gasteiger partial charge in [-0.1, -0.05) is 28.1 Å². The molecule has 1 aromatic carbocycles. The first kappa shape index (κ1) is 13.7. The highest BCUT2D eigenvalue weighted by Gasteiger charge is 2.19. The molecule has 1 amide bonds. The van der Waals surface area contributed by atoms with Crippen LogP contribution in [-0.2, 0) is 0 Å². The van der Waals surface area contributed by atoms with Gasteiger partial charge in [-0.05, 0) is 41.4 Å². The molecular formula is C12H15Br2NO. The lowest BCUT2D eigenvalue weighted by Gasteiger charge is -2.24. The van der Waals surface area contributed by atoms with E-state index < -0.39 is 0 Å². The summed E-state index contributed by atoms with van der Waals surface area (Å²) in [6.07, 6.45) is 0. The Balaban J connectivity index is 3.01. The molecule has 0 radical (unpaired) electrons. The van der Waals surface area contributed by atoms with E-state index in [2.05, 4.69) is 31.9 Å². The van der Waals surface area contributed by atoms with Crippen LogP contribution in [0.15, 0.2) is 22.7 Å². The summed E-state index contributed by atoms with van der Waals surface area (Å²) in [6, 6.07) is 5.91. The summed E-state index contributed by atoms with van der Waals surface area (Å²) < 4.78 is 0.883. The number of hydrogen-bond donors (Lipinski definition) is 0. The molecule has 4 heteroatoms. The Labute approximate surface area is 113 Å². The molecule has 0 spiro atoms. The molecule has 1 atom stereocenters. The maximum atomic E-state index is 12.2. The van der Waals surface area contributed by atoms with Crippen LogP contribution in [0.4, 0.5) is 0 Å². The molecule has 1 aromatic rings. The smallest absolute Gasteiger partial charge is 0.255 e. The Morgan fingerprint density at radius 2 is 2.12 bits per heavy atom. The van der Waals surface area contributed by atoms with E-state index in [0.29, 0.717) is 0 Å². The van der Waals surface area contributed by atoms with E-state index >= 15 is 0 Å². The third-order valence-corrected chi connectivity index (χ3v) is 4.62. The molecule has 0 bridgehead atoms. The number of nitrogens with zero attached hydrogens (tertiary/aromatic N) is 1. The Morgan fingerprint density at radius 3 is 2.69 bits per heavy atom. The molecule has 0 heterocycles. The number of halogens is 2. The zero-order valence-corrected chi connectivity index (χ0v) is 12.8. The molecule has 2 nitrogen and oxygen atoms in total. The van der Waals surface area contributed by atoms with E-state index in [9.17, 15) is 4.79 Å². The molecule has 0 aliphatic rings. The van der Waals surface area contributed by atoms with E-state index in [1.165, 1.54) is 0 Å². The first-order valence-corrected chi connectivity index (χ1v) is 6.98.